The first-order valence-corrected chi connectivity index (χ1v) is 6.93. The first-order valence-electron chi connectivity index (χ1n) is 5.22. The molecule has 92 valence electrons. The van der Waals surface area contributed by atoms with Crippen LogP contribution in [-0.4, -0.2) is 50.7 Å². The molecular weight excluding hydrogens is 228 g/mol. The highest BCUT2D eigenvalue weighted by atomic mass is 32.2. The molecule has 1 aliphatic heterocycles. The lowest BCUT2D eigenvalue weighted by Crippen LogP contribution is -2.42. The fourth-order valence-corrected chi connectivity index (χ4v) is 2.60. The Bertz CT molecular complexity index is 387. The van der Waals surface area contributed by atoms with Gasteiger partial charge in [0.2, 0.25) is 5.91 Å². The van der Waals surface area contributed by atoms with Crippen LogP contribution in [-0.2, 0) is 14.6 Å². The Morgan fingerprint density at radius 1 is 1.56 bits per heavy atom. The average Bonchev–Trinajstić information content (AvgIpc) is 2.53. The molecule has 0 aromatic heterocycles. The van der Waals surface area contributed by atoms with Crippen molar-refractivity contribution in [3.63, 3.8) is 0 Å². The summed E-state index contributed by atoms with van der Waals surface area (Å²) in [5.41, 5.74) is 0. The molecule has 0 saturated heterocycles. The van der Waals surface area contributed by atoms with E-state index in [-0.39, 0.29) is 30.3 Å². The summed E-state index contributed by atoms with van der Waals surface area (Å²) < 4.78 is 22.2. The van der Waals surface area contributed by atoms with E-state index in [1.54, 1.807) is 18.0 Å². The van der Waals surface area contributed by atoms with Gasteiger partial charge >= 0.3 is 0 Å². The largest absolute Gasteiger partial charge is 0.342 e. The van der Waals surface area contributed by atoms with Crippen molar-refractivity contribution >= 4 is 15.7 Å². The van der Waals surface area contributed by atoms with Crippen molar-refractivity contribution in [3.8, 4) is 0 Å². The number of hydrogen-bond donors (Lipinski definition) is 1. The normalized spacial score (nSPS) is 22.6. The Labute approximate surface area is 96.4 Å². The van der Waals surface area contributed by atoms with Gasteiger partial charge in [-0.2, -0.15) is 0 Å². The van der Waals surface area contributed by atoms with E-state index >= 15 is 0 Å². The zero-order valence-corrected chi connectivity index (χ0v) is 10.6. The van der Waals surface area contributed by atoms with Gasteiger partial charge in [0, 0.05) is 24.5 Å². The van der Waals surface area contributed by atoms with Crippen molar-refractivity contribution in [3.05, 3.63) is 11.5 Å². The minimum atomic E-state index is -3.05. The maximum atomic E-state index is 11.6. The lowest BCUT2D eigenvalue weighted by atomic mass is 10.3. The number of nitrogens with one attached hydrogen (secondary N) is 1. The minimum absolute atomic E-state index is 0.0345. The zero-order valence-electron chi connectivity index (χ0n) is 9.80. The molecule has 6 heteroatoms. The van der Waals surface area contributed by atoms with Gasteiger partial charge in [-0.1, -0.05) is 6.08 Å². The molecule has 0 aliphatic carbocycles. The lowest BCUT2D eigenvalue weighted by Gasteiger charge is -2.22. The Kier molecular flexibility index (Phi) is 4.09. The molecule has 0 bridgehead atoms. The second kappa shape index (κ2) is 4.97. The molecule has 1 N–H and O–H groups in total. The second-order valence-electron chi connectivity index (χ2n) is 4.24. The third-order valence-corrected chi connectivity index (χ3v) is 4.01. The van der Waals surface area contributed by atoms with Crippen LogP contribution < -0.4 is 5.32 Å². The lowest BCUT2D eigenvalue weighted by molar-refractivity contribution is -0.130. The van der Waals surface area contributed by atoms with E-state index in [9.17, 15) is 13.2 Å². The zero-order chi connectivity index (χ0) is 12.3. The van der Waals surface area contributed by atoms with Crippen molar-refractivity contribution < 1.29 is 13.2 Å². The molecule has 1 aliphatic rings. The highest BCUT2D eigenvalue weighted by Gasteiger charge is 2.22. The van der Waals surface area contributed by atoms with Gasteiger partial charge in [-0.25, -0.2) is 8.42 Å². The maximum absolute atomic E-state index is 11.6. The van der Waals surface area contributed by atoms with E-state index in [1.807, 2.05) is 13.8 Å². The summed E-state index contributed by atoms with van der Waals surface area (Å²) in [4.78, 5) is 13.2. The highest BCUT2D eigenvalue weighted by Crippen LogP contribution is 2.07. The molecule has 16 heavy (non-hydrogen) atoms. The number of sulfone groups is 1. The molecule has 1 amide bonds. The quantitative estimate of drug-likeness (QED) is 0.743. The highest BCUT2D eigenvalue weighted by molar-refractivity contribution is 7.94. The van der Waals surface area contributed by atoms with Gasteiger partial charge in [-0.3, -0.25) is 4.79 Å². The van der Waals surface area contributed by atoms with Crippen molar-refractivity contribution in [1.29, 1.82) is 0 Å². The molecule has 0 spiro atoms. The van der Waals surface area contributed by atoms with Crippen molar-refractivity contribution in [2.75, 3.05) is 19.3 Å². The van der Waals surface area contributed by atoms with Crippen molar-refractivity contribution in [2.24, 2.45) is 0 Å². The third kappa shape index (κ3) is 3.61. The molecule has 1 heterocycles. The van der Waals surface area contributed by atoms with Crippen LogP contribution in [0.25, 0.3) is 0 Å². The molecule has 0 saturated carbocycles. The summed E-state index contributed by atoms with van der Waals surface area (Å²) in [6, 6.07) is -0.0911. The van der Waals surface area contributed by atoms with Crippen LogP contribution in [0.3, 0.4) is 0 Å². The van der Waals surface area contributed by atoms with Gasteiger partial charge < -0.3 is 10.2 Å². The third-order valence-electron chi connectivity index (χ3n) is 2.61. The Balaban J connectivity index is 2.37. The topological polar surface area (TPSA) is 66.5 Å². The van der Waals surface area contributed by atoms with Gasteiger partial charge in [0.25, 0.3) is 0 Å². The Morgan fingerprint density at radius 3 is 2.62 bits per heavy atom. The van der Waals surface area contributed by atoms with E-state index in [2.05, 4.69) is 5.32 Å². The number of carbonyl (C=O) groups is 1. The molecule has 1 unspecified atom stereocenters. The number of rotatable bonds is 4. The number of likely N-dealkylation sites (N-methyl/N-ethyl adjacent to an activating group) is 1. The van der Waals surface area contributed by atoms with E-state index < -0.39 is 9.84 Å². The molecule has 0 aromatic carbocycles. The molecule has 1 atom stereocenters. The summed E-state index contributed by atoms with van der Waals surface area (Å²) in [6.07, 6.45) is 1.58. The van der Waals surface area contributed by atoms with E-state index in [1.165, 1.54) is 5.41 Å². The van der Waals surface area contributed by atoms with Crippen molar-refractivity contribution in [1.82, 2.24) is 10.2 Å². The molecule has 0 aromatic rings. The van der Waals surface area contributed by atoms with Gasteiger partial charge in [0.1, 0.15) is 0 Å². The minimum Gasteiger partial charge on any atom is -0.342 e. The summed E-state index contributed by atoms with van der Waals surface area (Å²) in [5, 5.41) is 4.11. The molecule has 0 fully saturated rings. The first-order chi connectivity index (χ1) is 7.32. The fourth-order valence-electron chi connectivity index (χ4n) is 1.33. The number of carbonyl (C=O) groups excluding carboxylic acids is 1. The molecule has 5 nitrogen and oxygen atoms in total. The van der Waals surface area contributed by atoms with E-state index in [0.29, 0.717) is 0 Å². The van der Waals surface area contributed by atoms with Crippen molar-refractivity contribution in [2.45, 2.75) is 25.9 Å². The predicted octanol–water partition coefficient (Wildman–Crippen LogP) is -0.246. The van der Waals surface area contributed by atoms with Crippen LogP contribution >= 0.6 is 0 Å². The summed E-state index contributed by atoms with van der Waals surface area (Å²) in [5.74, 6) is 0.0128. The van der Waals surface area contributed by atoms with Crippen LogP contribution in [0.2, 0.25) is 0 Å². The van der Waals surface area contributed by atoms with E-state index in [4.69, 9.17) is 0 Å². The molecule has 1 rings (SSSR count). The smallest absolute Gasteiger partial charge is 0.236 e. The monoisotopic (exact) mass is 246 g/mol. The van der Waals surface area contributed by atoms with Gasteiger partial charge in [-0.15, -0.1) is 0 Å². The predicted molar refractivity (Wildman–Crippen MR) is 62.6 cm³/mol. The van der Waals surface area contributed by atoms with Crippen LogP contribution in [0.15, 0.2) is 11.5 Å². The summed E-state index contributed by atoms with van der Waals surface area (Å²) in [7, 11) is -1.32. The SMILES string of the molecule is CC(C)N(C)C(=O)CNC1C=CS(=O)(=O)C1. The van der Waals surface area contributed by atoms with E-state index in [0.717, 1.165) is 0 Å². The molecule has 0 radical (unpaired) electrons. The first kappa shape index (κ1) is 13.2. The van der Waals surface area contributed by atoms with Crippen LogP contribution in [0.5, 0.6) is 0 Å². The average molecular weight is 246 g/mol. The number of hydrogen-bond acceptors (Lipinski definition) is 4. The fraction of sp³-hybridized carbons (Fsp3) is 0.700. The number of amides is 1. The summed E-state index contributed by atoms with van der Waals surface area (Å²) >= 11 is 0. The molecular formula is C10H18N2O3S. The van der Waals surface area contributed by atoms with Gasteiger partial charge in [0.05, 0.1) is 12.3 Å². The Hall–Kier alpha value is -0.880. The maximum Gasteiger partial charge on any atom is 0.236 e. The summed E-state index contributed by atoms with van der Waals surface area (Å²) in [6.45, 7) is 4.02. The van der Waals surface area contributed by atoms with Crippen LogP contribution in [0.4, 0.5) is 0 Å². The van der Waals surface area contributed by atoms with Crippen LogP contribution in [0, 0.1) is 0 Å². The van der Waals surface area contributed by atoms with Gasteiger partial charge in [-0.05, 0) is 13.8 Å². The number of nitrogens with zero attached hydrogens (tertiary/aromatic N) is 1. The second-order valence-corrected chi connectivity index (χ2v) is 6.18. The van der Waals surface area contributed by atoms with Crippen LogP contribution in [0.1, 0.15) is 13.8 Å². The standard InChI is InChI=1S/C10H18N2O3S/c1-8(2)12(3)10(13)6-11-9-4-5-16(14,15)7-9/h4-5,8-9,11H,6-7H2,1-3H3. The van der Waals surface area contributed by atoms with Gasteiger partial charge in [0.15, 0.2) is 9.84 Å². The Morgan fingerprint density at radius 2 is 2.19 bits per heavy atom.